The highest BCUT2D eigenvalue weighted by atomic mass is 16.5. The molecule has 1 N–H and O–H groups in total. The summed E-state index contributed by atoms with van der Waals surface area (Å²) in [4.78, 5) is 4.03. The van der Waals surface area contributed by atoms with Crippen LogP contribution in [0.4, 0.5) is 0 Å². The summed E-state index contributed by atoms with van der Waals surface area (Å²) in [7, 11) is 0. The van der Waals surface area contributed by atoms with Crippen LogP contribution in [0, 0.1) is 0 Å². The van der Waals surface area contributed by atoms with Crippen LogP contribution in [0.1, 0.15) is 18.5 Å². The highest BCUT2D eigenvalue weighted by Crippen LogP contribution is 2.13. The van der Waals surface area contributed by atoms with Crippen LogP contribution < -0.4 is 0 Å². The van der Waals surface area contributed by atoms with Crippen LogP contribution in [0.5, 0.6) is 0 Å². The average molecular weight is 182 g/mol. The van der Waals surface area contributed by atoms with Gasteiger partial charge in [0.05, 0.1) is 24.7 Å². The third kappa shape index (κ3) is 2.08. The van der Waals surface area contributed by atoms with E-state index in [0.29, 0.717) is 6.10 Å². The molecule has 0 bridgehead atoms. The van der Waals surface area contributed by atoms with Crippen molar-refractivity contribution < 1.29 is 9.84 Å². The SMILES string of the molecule is OCc1cn(C[C@@H]2CCCO2)cn1. The van der Waals surface area contributed by atoms with Crippen LogP contribution in [-0.4, -0.2) is 27.4 Å². The van der Waals surface area contributed by atoms with Gasteiger partial charge in [-0.15, -0.1) is 0 Å². The third-order valence-corrected chi connectivity index (χ3v) is 2.29. The molecule has 1 saturated heterocycles. The maximum Gasteiger partial charge on any atom is 0.0951 e. The normalized spacial score (nSPS) is 22.4. The molecule has 4 nitrogen and oxygen atoms in total. The number of hydrogen-bond acceptors (Lipinski definition) is 3. The van der Waals surface area contributed by atoms with Crippen molar-refractivity contribution in [2.24, 2.45) is 0 Å². The maximum atomic E-state index is 8.80. The molecule has 0 unspecified atom stereocenters. The number of imidazole rings is 1. The summed E-state index contributed by atoms with van der Waals surface area (Å²) in [6.45, 7) is 1.75. The van der Waals surface area contributed by atoms with Crippen LogP contribution in [0.3, 0.4) is 0 Å². The third-order valence-electron chi connectivity index (χ3n) is 2.29. The summed E-state index contributed by atoms with van der Waals surface area (Å²) >= 11 is 0. The lowest BCUT2D eigenvalue weighted by atomic mass is 10.2. The number of aromatic nitrogens is 2. The summed E-state index contributed by atoms with van der Waals surface area (Å²) in [6.07, 6.45) is 6.23. The van der Waals surface area contributed by atoms with Crippen molar-refractivity contribution in [3.8, 4) is 0 Å². The molecule has 2 rings (SSSR count). The molecule has 0 aromatic carbocycles. The monoisotopic (exact) mass is 182 g/mol. The first-order valence-corrected chi connectivity index (χ1v) is 4.61. The van der Waals surface area contributed by atoms with Crippen LogP contribution in [-0.2, 0) is 17.9 Å². The minimum Gasteiger partial charge on any atom is -0.390 e. The maximum absolute atomic E-state index is 8.80. The van der Waals surface area contributed by atoms with Gasteiger partial charge >= 0.3 is 0 Å². The molecule has 2 heterocycles. The molecular weight excluding hydrogens is 168 g/mol. The van der Waals surface area contributed by atoms with Crippen LogP contribution >= 0.6 is 0 Å². The second kappa shape index (κ2) is 3.89. The highest BCUT2D eigenvalue weighted by molar-refractivity contribution is 4.94. The Labute approximate surface area is 77.2 Å². The lowest BCUT2D eigenvalue weighted by Gasteiger charge is -2.08. The van der Waals surface area contributed by atoms with E-state index in [-0.39, 0.29) is 6.61 Å². The molecule has 4 heteroatoms. The predicted octanol–water partition coefficient (Wildman–Crippen LogP) is 0.554. The standard InChI is InChI=1S/C9H14N2O2/c12-6-8-4-11(7-10-8)5-9-2-1-3-13-9/h4,7,9,12H,1-3,5-6H2/t9-/m0/s1. The molecule has 0 saturated carbocycles. The van der Waals surface area contributed by atoms with E-state index >= 15 is 0 Å². The van der Waals surface area contributed by atoms with Crippen molar-refractivity contribution in [3.05, 3.63) is 18.2 Å². The van der Waals surface area contributed by atoms with Gasteiger partial charge in [0.2, 0.25) is 0 Å². The second-order valence-corrected chi connectivity index (χ2v) is 3.35. The molecule has 1 aliphatic heterocycles. The Bertz CT molecular complexity index is 266. The predicted molar refractivity (Wildman–Crippen MR) is 47.1 cm³/mol. The molecule has 0 amide bonds. The van der Waals surface area contributed by atoms with Crippen molar-refractivity contribution in [2.45, 2.75) is 32.1 Å². The van der Waals surface area contributed by atoms with Gasteiger partial charge in [-0.25, -0.2) is 4.98 Å². The van der Waals surface area contributed by atoms with Crippen molar-refractivity contribution in [3.63, 3.8) is 0 Å². The summed E-state index contributed by atoms with van der Waals surface area (Å²) in [5.41, 5.74) is 0.720. The van der Waals surface area contributed by atoms with E-state index in [4.69, 9.17) is 9.84 Å². The lowest BCUT2D eigenvalue weighted by molar-refractivity contribution is 0.0969. The number of hydrogen-bond donors (Lipinski definition) is 1. The minimum absolute atomic E-state index is 0.0124. The Morgan fingerprint density at radius 2 is 2.62 bits per heavy atom. The van der Waals surface area contributed by atoms with Crippen molar-refractivity contribution >= 4 is 0 Å². The van der Waals surface area contributed by atoms with Crippen molar-refractivity contribution in [2.75, 3.05) is 6.61 Å². The Kier molecular flexibility index (Phi) is 2.61. The van der Waals surface area contributed by atoms with E-state index in [1.807, 2.05) is 10.8 Å². The van der Waals surface area contributed by atoms with E-state index in [0.717, 1.165) is 31.7 Å². The zero-order valence-electron chi connectivity index (χ0n) is 7.52. The van der Waals surface area contributed by atoms with Gasteiger partial charge in [0, 0.05) is 19.3 Å². The first-order valence-electron chi connectivity index (χ1n) is 4.61. The van der Waals surface area contributed by atoms with Gasteiger partial charge in [-0.1, -0.05) is 0 Å². The molecule has 1 aromatic rings. The van der Waals surface area contributed by atoms with Crippen LogP contribution in [0.15, 0.2) is 12.5 Å². The Balaban J connectivity index is 1.92. The number of nitrogens with zero attached hydrogens (tertiary/aromatic N) is 2. The summed E-state index contributed by atoms with van der Waals surface area (Å²) < 4.78 is 7.46. The molecule has 1 atom stereocenters. The quantitative estimate of drug-likeness (QED) is 0.742. The van der Waals surface area contributed by atoms with Crippen LogP contribution in [0.25, 0.3) is 0 Å². The van der Waals surface area contributed by atoms with Gasteiger partial charge in [-0.05, 0) is 12.8 Å². The Morgan fingerprint density at radius 3 is 3.23 bits per heavy atom. The molecule has 13 heavy (non-hydrogen) atoms. The molecule has 0 radical (unpaired) electrons. The topological polar surface area (TPSA) is 47.3 Å². The fraction of sp³-hybridized carbons (Fsp3) is 0.667. The fourth-order valence-electron chi connectivity index (χ4n) is 1.61. The first kappa shape index (κ1) is 8.72. The van der Waals surface area contributed by atoms with Gasteiger partial charge in [-0.3, -0.25) is 0 Å². The van der Waals surface area contributed by atoms with Gasteiger partial charge in [0.25, 0.3) is 0 Å². The summed E-state index contributed by atoms with van der Waals surface area (Å²) in [5, 5.41) is 8.80. The number of ether oxygens (including phenoxy) is 1. The minimum atomic E-state index is 0.0124. The first-order chi connectivity index (χ1) is 6.38. The molecule has 72 valence electrons. The van der Waals surface area contributed by atoms with Crippen LogP contribution in [0.2, 0.25) is 0 Å². The van der Waals surface area contributed by atoms with E-state index in [9.17, 15) is 0 Å². The van der Waals surface area contributed by atoms with E-state index in [2.05, 4.69) is 4.98 Å². The molecule has 0 aliphatic carbocycles. The highest BCUT2D eigenvalue weighted by Gasteiger charge is 2.15. The fourth-order valence-corrected chi connectivity index (χ4v) is 1.61. The van der Waals surface area contributed by atoms with E-state index in [1.54, 1.807) is 6.33 Å². The molecule has 1 aliphatic rings. The zero-order chi connectivity index (χ0) is 9.10. The zero-order valence-corrected chi connectivity index (χ0v) is 7.52. The molecular formula is C9H14N2O2. The van der Waals surface area contributed by atoms with Gasteiger partial charge in [-0.2, -0.15) is 0 Å². The molecule has 1 aromatic heterocycles. The molecule has 1 fully saturated rings. The van der Waals surface area contributed by atoms with E-state index < -0.39 is 0 Å². The number of rotatable bonds is 3. The smallest absolute Gasteiger partial charge is 0.0951 e. The Hall–Kier alpha value is -0.870. The van der Waals surface area contributed by atoms with Gasteiger partial charge in [0.15, 0.2) is 0 Å². The van der Waals surface area contributed by atoms with Gasteiger partial charge < -0.3 is 14.4 Å². The van der Waals surface area contributed by atoms with E-state index in [1.165, 1.54) is 0 Å². The number of aliphatic hydroxyl groups is 1. The van der Waals surface area contributed by atoms with Crippen molar-refractivity contribution in [1.29, 1.82) is 0 Å². The summed E-state index contributed by atoms with van der Waals surface area (Å²) in [6, 6.07) is 0. The second-order valence-electron chi connectivity index (χ2n) is 3.35. The lowest BCUT2D eigenvalue weighted by Crippen LogP contribution is -2.13. The van der Waals surface area contributed by atoms with Crippen molar-refractivity contribution in [1.82, 2.24) is 9.55 Å². The van der Waals surface area contributed by atoms with Gasteiger partial charge in [0.1, 0.15) is 0 Å². The largest absolute Gasteiger partial charge is 0.390 e. The average Bonchev–Trinajstić information content (AvgIpc) is 2.76. The molecule has 0 spiro atoms. The summed E-state index contributed by atoms with van der Waals surface area (Å²) in [5.74, 6) is 0. The number of aliphatic hydroxyl groups excluding tert-OH is 1. The Morgan fingerprint density at radius 1 is 1.69 bits per heavy atom.